The standard InChI is InChI=1S/C20H29N5OS2/c1-3-4-10-21-19-22-23-20(28-19)27-16(2)18(26)25-13-11-24(12-14-25)15-17-8-6-5-7-9-17/h5-9,16H,3-4,10-15H2,1-2H3,(H,21,22). The van der Waals surface area contributed by atoms with Gasteiger partial charge < -0.3 is 10.2 Å². The zero-order valence-corrected chi connectivity index (χ0v) is 18.3. The molecule has 1 N–H and O–H groups in total. The van der Waals surface area contributed by atoms with E-state index in [4.69, 9.17) is 0 Å². The fraction of sp³-hybridized carbons (Fsp3) is 0.550. The van der Waals surface area contributed by atoms with Crippen molar-refractivity contribution in [3.8, 4) is 0 Å². The van der Waals surface area contributed by atoms with Crippen molar-refractivity contribution >= 4 is 34.1 Å². The smallest absolute Gasteiger partial charge is 0.235 e. The lowest BCUT2D eigenvalue weighted by atomic mass is 10.2. The second-order valence-corrected chi connectivity index (χ2v) is 9.57. The highest BCUT2D eigenvalue weighted by atomic mass is 32.2. The van der Waals surface area contributed by atoms with E-state index in [0.717, 1.165) is 61.6 Å². The Kier molecular flexibility index (Phi) is 8.12. The number of unbranched alkanes of at least 4 members (excludes halogenated alkanes) is 1. The Balaban J connectivity index is 1.43. The summed E-state index contributed by atoms with van der Waals surface area (Å²) in [5.41, 5.74) is 1.32. The molecule has 1 unspecified atom stereocenters. The third-order valence-corrected chi connectivity index (χ3v) is 6.82. The van der Waals surface area contributed by atoms with Crippen molar-refractivity contribution in [2.45, 2.75) is 42.8 Å². The highest BCUT2D eigenvalue weighted by Crippen LogP contribution is 2.30. The van der Waals surface area contributed by atoms with Gasteiger partial charge in [-0.05, 0) is 18.9 Å². The van der Waals surface area contributed by atoms with Gasteiger partial charge in [-0.15, -0.1) is 10.2 Å². The second-order valence-electron chi connectivity index (χ2n) is 7.00. The number of hydrogen-bond acceptors (Lipinski definition) is 7. The summed E-state index contributed by atoms with van der Waals surface area (Å²) in [7, 11) is 0. The molecule has 152 valence electrons. The van der Waals surface area contributed by atoms with E-state index in [2.05, 4.69) is 51.6 Å². The number of carbonyl (C=O) groups is 1. The van der Waals surface area contributed by atoms with Gasteiger partial charge in [0.15, 0.2) is 4.34 Å². The molecule has 1 amide bonds. The summed E-state index contributed by atoms with van der Waals surface area (Å²) in [6.45, 7) is 9.41. The topological polar surface area (TPSA) is 61.4 Å². The van der Waals surface area contributed by atoms with E-state index in [1.807, 2.05) is 17.9 Å². The van der Waals surface area contributed by atoms with Gasteiger partial charge in [0, 0.05) is 39.3 Å². The number of nitrogens with zero attached hydrogens (tertiary/aromatic N) is 4. The molecule has 1 aliphatic rings. The molecule has 28 heavy (non-hydrogen) atoms. The number of hydrogen-bond donors (Lipinski definition) is 1. The Morgan fingerprint density at radius 2 is 1.96 bits per heavy atom. The van der Waals surface area contributed by atoms with Crippen LogP contribution in [0, 0.1) is 0 Å². The maximum Gasteiger partial charge on any atom is 0.235 e. The normalized spacial score (nSPS) is 16.1. The van der Waals surface area contributed by atoms with Crippen LogP contribution in [-0.2, 0) is 11.3 Å². The van der Waals surface area contributed by atoms with Gasteiger partial charge in [-0.25, -0.2) is 0 Å². The highest BCUT2D eigenvalue weighted by Gasteiger charge is 2.26. The molecule has 8 heteroatoms. The quantitative estimate of drug-likeness (QED) is 0.495. The highest BCUT2D eigenvalue weighted by molar-refractivity contribution is 8.02. The number of amides is 1. The largest absolute Gasteiger partial charge is 0.360 e. The predicted octanol–water partition coefficient (Wildman–Crippen LogP) is 3.58. The van der Waals surface area contributed by atoms with E-state index >= 15 is 0 Å². The fourth-order valence-corrected chi connectivity index (χ4v) is 5.13. The van der Waals surface area contributed by atoms with Crippen LogP contribution in [0.3, 0.4) is 0 Å². The Morgan fingerprint density at radius 1 is 1.21 bits per heavy atom. The van der Waals surface area contributed by atoms with Gasteiger partial charge in [0.05, 0.1) is 5.25 Å². The van der Waals surface area contributed by atoms with Gasteiger partial charge in [-0.1, -0.05) is 66.8 Å². The number of anilines is 1. The van der Waals surface area contributed by atoms with Crippen molar-refractivity contribution in [2.24, 2.45) is 0 Å². The van der Waals surface area contributed by atoms with E-state index < -0.39 is 0 Å². The Bertz CT molecular complexity index is 731. The van der Waals surface area contributed by atoms with Gasteiger partial charge in [0.1, 0.15) is 0 Å². The van der Waals surface area contributed by atoms with Crippen molar-refractivity contribution in [2.75, 3.05) is 38.0 Å². The third kappa shape index (κ3) is 6.18. The summed E-state index contributed by atoms with van der Waals surface area (Å²) in [6, 6.07) is 10.5. The minimum Gasteiger partial charge on any atom is -0.360 e. The molecule has 1 aromatic carbocycles. The number of rotatable bonds is 9. The van der Waals surface area contributed by atoms with Crippen LogP contribution in [0.2, 0.25) is 0 Å². The summed E-state index contributed by atoms with van der Waals surface area (Å²) >= 11 is 3.04. The molecule has 0 bridgehead atoms. The van der Waals surface area contributed by atoms with Crippen LogP contribution in [0.15, 0.2) is 34.7 Å². The molecule has 1 fully saturated rings. The Labute approximate surface area is 175 Å². The molecule has 1 aliphatic heterocycles. The number of benzene rings is 1. The number of carbonyl (C=O) groups excluding carboxylic acids is 1. The summed E-state index contributed by atoms with van der Waals surface area (Å²) < 4.78 is 0.850. The van der Waals surface area contributed by atoms with Crippen LogP contribution < -0.4 is 5.32 Å². The maximum absolute atomic E-state index is 12.8. The van der Waals surface area contributed by atoms with E-state index in [-0.39, 0.29) is 11.2 Å². The molecule has 2 heterocycles. The van der Waals surface area contributed by atoms with E-state index in [9.17, 15) is 4.79 Å². The Morgan fingerprint density at radius 3 is 2.68 bits per heavy atom. The maximum atomic E-state index is 12.8. The molecule has 0 aliphatic carbocycles. The molecule has 0 radical (unpaired) electrons. The average Bonchev–Trinajstić information content (AvgIpc) is 3.16. The summed E-state index contributed by atoms with van der Waals surface area (Å²) in [4.78, 5) is 17.2. The minimum atomic E-state index is -0.142. The van der Waals surface area contributed by atoms with Crippen molar-refractivity contribution in [3.05, 3.63) is 35.9 Å². The van der Waals surface area contributed by atoms with E-state index in [1.165, 1.54) is 28.7 Å². The van der Waals surface area contributed by atoms with Crippen molar-refractivity contribution in [1.29, 1.82) is 0 Å². The molecule has 0 spiro atoms. The molecule has 1 atom stereocenters. The number of aromatic nitrogens is 2. The van der Waals surface area contributed by atoms with Gasteiger partial charge in [-0.2, -0.15) is 0 Å². The monoisotopic (exact) mass is 419 g/mol. The molecule has 0 saturated carbocycles. The van der Waals surface area contributed by atoms with Gasteiger partial charge in [0.2, 0.25) is 11.0 Å². The number of piperazine rings is 1. The van der Waals surface area contributed by atoms with Gasteiger partial charge in [0.25, 0.3) is 0 Å². The summed E-state index contributed by atoms with van der Waals surface area (Å²) in [5, 5.41) is 12.4. The van der Waals surface area contributed by atoms with Crippen molar-refractivity contribution in [3.63, 3.8) is 0 Å². The van der Waals surface area contributed by atoms with Gasteiger partial charge in [-0.3, -0.25) is 9.69 Å². The lowest BCUT2D eigenvalue weighted by Gasteiger charge is -2.35. The molecule has 1 aromatic heterocycles. The summed E-state index contributed by atoms with van der Waals surface area (Å²) in [6.07, 6.45) is 2.27. The number of thioether (sulfide) groups is 1. The predicted molar refractivity (Wildman–Crippen MR) is 117 cm³/mol. The summed E-state index contributed by atoms with van der Waals surface area (Å²) in [5.74, 6) is 0.194. The molecule has 3 rings (SSSR count). The molecule has 2 aromatic rings. The lowest BCUT2D eigenvalue weighted by molar-refractivity contribution is -0.132. The lowest BCUT2D eigenvalue weighted by Crippen LogP contribution is -2.50. The molecule has 1 saturated heterocycles. The third-order valence-electron chi connectivity index (χ3n) is 4.77. The first kappa shape index (κ1) is 21.1. The first-order valence-corrected chi connectivity index (χ1v) is 11.6. The molecular formula is C20H29N5OS2. The fourth-order valence-electron chi connectivity index (χ4n) is 3.13. The molecule has 6 nitrogen and oxygen atoms in total. The minimum absolute atomic E-state index is 0.142. The zero-order chi connectivity index (χ0) is 19.8. The van der Waals surface area contributed by atoms with E-state index in [1.54, 1.807) is 0 Å². The average molecular weight is 420 g/mol. The van der Waals surface area contributed by atoms with Gasteiger partial charge >= 0.3 is 0 Å². The van der Waals surface area contributed by atoms with Crippen LogP contribution in [0.5, 0.6) is 0 Å². The zero-order valence-electron chi connectivity index (χ0n) is 16.6. The van der Waals surface area contributed by atoms with Crippen LogP contribution in [0.25, 0.3) is 0 Å². The first-order valence-electron chi connectivity index (χ1n) is 9.95. The van der Waals surface area contributed by atoms with Crippen LogP contribution in [-0.4, -0.2) is 63.9 Å². The molecular weight excluding hydrogens is 390 g/mol. The SMILES string of the molecule is CCCCNc1nnc(SC(C)C(=O)N2CCN(Cc3ccccc3)CC2)s1. The van der Waals surface area contributed by atoms with Crippen LogP contribution >= 0.6 is 23.1 Å². The van der Waals surface area contributed by atoms with Crippen molar-refractivity contribution in [1.82, 2.24) is 20.0 Å². The first-order chi connectivity index (χ1) is 13.7. The van der Waals surface area contributed by atoms with Crippen LogP contribution in [0.1, 0.15) is 32.3 Å². The number of nitrogens with one attached hydrogen (secondary N) is 1. The van der Waals surface area contributed by atoms with Crippen molar-refractivity contribution < 1.29 is 4.79 Å². The van der Waals surface area contributed by atoms with E-state index in [0.29, 0.717) is 0 Å². The Hall–Kier alpha value is -1.64. The van der Waals surface area contributed by atoms with Crippen LogP contribution in [0.4, 0.5) is 5.13 Å². The second kappa shape index (κ2) is 10.8.